The van der Waals surface area contributed by atoms with Crippen LogP contribution < -0.4 is 0 Å². The Labute approximate surface area is 97.8 Å². The Hall–Kier alpha value is -0.670. The summed E-state index contributed by atoms with van der Waals surface area (Å²) < 4.78 is 6.68. The lowest BCUT2D eigenvalue weighted by Gasteiger charge is -2.23. The van der Waals surface area contributed by atoms with Crippen LogP contribution in [0, 0.1) is 6.92 Å². The molecule has 1 atom stereocenters. The number of hydrogen-bond donors (Lipinski definition) is 0. The maximum atomic E-state index is 11.3. The molecule has 1 aliphatic heterocycles. The highest BCUT2D eigenvalue weighted by Crippen LogP contribution is 2.29. The summed E-state index contributed by atoms with van der Waals surface area (Å²) in [6.07, 6.45) is 1.04. The van der Waals surface area contributed by atoms with E-state index in [1.165, 1.54) is 5.56 Å². The van der Waals surface area contributed by atoms with Crippen LogP contribution in [-0.4, -0.2) is 12.4 Å². The number of ketones is 1. The molecule has 0 amide bonds. The van der Waals surface area contributed by atoms with Crippen LogP contribution in [0.15, 0.2) is 22.7 Å². The first-order valence-corrected chi connectivity index (χ1v) is 5.85. The van der Waals surface area contributed by atoms with Gasteiger partial charge in [0.05, 0.1) is 12.7 Å². The van der Waals surface area contributed by atoms with Crippen LogP contribution in [0.3, 0.4) is 0 Å². The van der Waals surface area contributed by atoms with E-state index in [2.05, 4.69) is 22.0 Å². The molecule has 0 aliphatic carbocycles. The fraction of sp³-hybridized carbons (Fsp3) is 0.417. The second-order valence-electron chi connectivity index (χ2n) is 3.85. The number of rotatable bonds is 1. The molecule has 1 aromatic carbocycles. The lowest BCUT2D eigenvalue weighted by atomic mass is 9.97. The topological polar surface area (TPSA) is 26.3 Å². The lowest BCUT2D eigenvalue weighted by Crippen LogP contribution is -2.19. The third-order valence-corrected chi connectivity index (χ3v) is 3.18. The van der Waals surface area contributed by atoms with Gasteiger partial charge in [0.1, 0.15) is 5.78 Å². The average molecular weight is 269 g/mol. The zero-order valence-electron chi connectivity index (χ0n) is 8.63. The molecule has 3 heteroatoms. The van der Waals surface area contributed by atoms with Gasteiger partial charge in [-0.1, -0.05) is 22.0 Å². The van der Waals surface area contributed by atoms with Crippen LogP contribution >= 0.6 is 15.9 Å². The third-order valence-electron chi connectivity index (χ3n) is 2.69. The van der Waals surface area contributed by atoms with E-state index in [4.69, 9.17) is 4.74 Å². The molecular formula is C12H13BrO2. The van der Waals surface area contributed by atoms with Crippen LogP contribution in [0.1, 0.15) is 30.1 Å². The van der Waals surface area contributed by atoms with Crippen LogP contribution in [-0.2, 0) is 9.53 Å². The van der Waals surface area contributed by atoms with Gasteiger partial charge < -0.3 is 4.74 Å². The molecule has 0 saturated carbocycles. The first-order valence-electron chi connectivity index (χ1n) is 5.06. The van der Waals surface area contributed by atoms with Gasteiger partial charge in [0.25, 0.3) is 0 Å². The van der Waals surface area contributed by atoms with Crippen molar-refractivity contribution in [3.63, 3.8) is 0 Å². The van der Waals surface area contributed by atoms with E-state index in [9.17, 15) is 4.79 Å². The number of benzene rings is 1. The molecule has 2 nitrogen and oxygen atoms in total. The van der Waals surface area contributed by atoms with Gasteiger partial charge >= 0.3 is 0 Å². The Bertz CT molecular complexity index is 387. The Kier molecular flexibility index (Phi) is 3.22. The van der Waals surface area contributed by atoms with Crippen molar-refractivity contribution in [1.82, 2.24) is 0 Å². The van der Waals surface area contributed by atoms with E-state index in [0.29, 0.717) is 25.2 Å². The number of carbonyl (C=O) groups is 1. The van der Waals surface area contributed by atoms with Crippen molar-refractivity contribution < 1.29 is 9.53 Å². The molecule has 2 rings (SSSR count). The summed E-state index contributed by atoms with van der Waals surface area (Å²) in [5, 5.41) is 0. The summed E-state index contributed by atoms with van der Waals surface area (Å²) in [5.74, 6) is 0.300. The molecule has 80 valence electrons. The zero-order valence-corrected chi connectivity index (χ0v) is 10.2. The smallest absolute Gasteiger partial charge is 0.138 e. The first-order chi connectivity index (χ1) is 7.16. The summed E-state index contributed by atoms with van der Waals surface area (Å²) in [6.45, 7) is 2.60. The van der Waals surface area contributed by atoms with Crippen LogP contribution in [0.4, 0.5) is 0 Å². The normalized spacial score (nSPS) is 21.7. The van der Waals surface area contributed by atoms with Gasteiger partial charge in [-0.15, -0.1) is 0 Å². The predicted molar refractivity (Wildman–Crippen MR) is 61.8 cm³/mol. The Morgan fingerprint density at radius 1 is 1.47 bits per heavy atom. The predicted octanol–water partition coefficient (Wildman–Crippen LogP) is 3.18. The Balaban J connectivity index is 2.24. The Morgan fingerprint density at radius 3 is 2.93 bits per heavy atom. The summed E-state index contributed by atoms with van der Waals surface area (Å²) >= 11 is 3.42. The minimum atomic E-state index is -0.0423. The highest BCUT2D eigenvalue weighted by Gasteiger charge is 2.22. The van der Waals surface area contributed by atoms with E-state index < -0.39 is 0 Å². The van der Waals surface area contributed by atoms with E-state index in [1.54, 1.807) is 0 Å². The first kappa shape index (κ1) is 10.8. The SMILES string of the molecule is Cc1cc(Br)ccc1[C@H]1CC(=O)CCO1. The van der Waals surface area contributed by atoms with Crippen molar-refractivity contribution in [3.8, 4) is 0 Å². The van der Waals surface area contributed by atoms with Crippen molar-refractivity contribution in [2.45, 2.75) is 25.9 Å². The van der Waals surface area contributed by atoms with Crippen LogP contribution in [0.5, 0.6) is 0 Å². The molecular weight excluding hydrogens is 256 g/mol. The molecule has 0 spiro atoms. The molecule has 0 unspecified atom stereocenters. The average Bonchev–Trinajstić information content (AvgIpc) is 2.17. The maximum absolute atomic E-state index is 11.3. The molecule has 0 aromatic heterocycles. The molecule has 15 heavy (non-hydrogen) atoms. The van der Waals surface area contributed by atoms with Gasteiger partial charge in [-0.25, -0.2) is 0 Å². The van der Waals surface area contributed by atoms with E-state index in [1.807, 2.05) is 19.1 Å². The minimum Gasteiger partial charge on any atom is -0.373 e. The molecule has 0 N–H and O–H groups in total. The summed E-state index contributed by atoms with van der Waals surface area (Å²) in [7, 11) is 0. The molecule has 1 fully saturated rings. The van der Waals surface area contributed by atoms with E-state index >= 15 is 0 Å². The van der Waals surface area contributed by atoms with Crippen molar-refractivity contribution in [3.05, 3.63) is 33.8 Å². The second kappa shape index (κ2) is 4.45. The molecule has 1 aromatic rings. The van der Waals surface area contributed by atoms with Crippen LogP contribution in [0.2, 0.25) is 0 Å². The lowest BCUT2D eigenvalue weighted by molar-refractivity contribution is -0.128. The molecule has 1 aliphatic rings. The van der Waals surface area contributed by atoms with Crippen molar-refractivity contribution in [1.29, 1.82) is 0 Å². The fourth-order valence-electron chi connectivity index (χ4n) is 1.88. The van der Waals surface area contributed by atoms with Gasteiger partial charge in [0.2, 0.25) is 0 Å². The zero-order chi connectivity index (χ0) is 10.8. The van der Waals surface area contributed by atoms with Crippen molar-refractivity contribution in [2.24, 2.45) is 0 Å². The maximum Gasteiger partial charge on any atom is 0.138 e. The van der Waals surface area contributed by atoms with Crippen molar-refractivity contribution in [2.75, 3.05) is 6.61 Å². The minimum absolute atomic E-state index is 0.0423. The molecule has 1 heterocycles. The standard InChI is InChI=1S/C12H13BrO2/c1-8-6-9(13)2-3-11(8)12-7-10(14)4-5-15-12/h2-3,6,12H,4-5,7H2,1H3/t12-/m1/s1. The largest absolute Gasteiger partial charge is 0.373 e. The van der Waals surface area contributed by atoms with Gasteiger partial charge in [0, 0.05) is 17.3 Å². The molecule has 0 radical (unpaired) electrons. The number of hydrogen-bond acceptors (Lipinski definition) is 2. The van der Waals surface area contributed by atoms with E-state index in [0.717, 1.165) is 10.0 Å². The van der Waals surface area contributed by atoms with Crippen LogP contribution in [0.25, 0.3) is 0 Å². The van der Waals surface area contributed by atoms with Gasteiger partial charge in [-0.2, -0.15) is 0 Å². The van der Waals surface area contributed by atoms with Gasteiger partial charge in [-0.05, 0) is 30.2 Å². The monoisotopic (exact) mass is 268 g/mol. The summed E-state index contributed by atoms with van der Waals surface area (Å²) in [4.78, 5) is 11.3. The van der Waals surface area contributed by atoms with E-state index in [-0.39, 0.29) is 6.10 Å². The summed E-state index contributed by atoms with van der Waals surface area (Å²) in [6, 6.07) is 6.07. The number of ether oxygens (including phenoxy) is 1. The number of carbonyl (C=O) groups excluding carboxylic acids is 1. The van der Waals surface area contributed by atoms with Gasteiger partial charge in [0.15, 0.2) is 0 Å². The van der Waals surface area contributed by atoms with Crippen molar-refractivity contribution >= 4 is 21.7 Å². The second-order valence-corrected chi connectivity index (χ2v) is 4.77. The quantitative estimate of drug-likeness (QED) is 0.782. The highest BCUT2D eigenvalue weighted by molar-refractivity contribution is 9.10. The highest BCUT2D eigenvalue weighted by atomic mass is 79.9. The molecule has 0 bridgehead atoms. The Morgan fingerprint density at radius 2 is 2.27 bits per heavy atom. The summed E-state index contributed by atoms with van der Waals surface area (Å²) in [5.41, 5.74) is 2.30. The number of halogens is 1. The number of aryl methyl sites for hydroxylation is 1. The number of Topliss-reactive ketones (excluding diaryl/α,β-unsaturated/α-hetero) is 1. The van der Waals surface area contributed by atoms with Gasteiger partial charge in [-0.3, -0.25) is 4.79 Å². The fourth-order valence-corrected chi connectivity index (χ4v) is 2.36. The third kappa shape index (κ3) is 2.47. The molecule has 1 saturated heterocycles.